The largest absolute Gasteiger partial charge is 0.455 e. The summed E-state index contributed by atoms with van der Waals surface area (Å²) >= 11 is 0. The lowest BCUT2D eigenvalue weighted by atomic mass is 9.93. The van der Waals surface area contributed by atoms with Crippen molar-refractivity contribution in [1.29, 1.82) is 10.5 Å². The van der Waals surface area contributed by atoms with Gasteiger partial charge in [0.2, 0.25) is 0 Å². The zero-order valence-electron chi connectivity index (χ0n) is 12.4. The Bertz CT molecular complexity index is 1180. The molecule has 2 heterocycles. The smallest absolute Gasteiger partial charge is 0.146 e. The van der Waals surface area contributed by atoms with Gasteiger partial charge in [-0.1, -0.05) is 24.3 Å². The molecule has 2 aromatic heterocycles. The van der Waals surface area contributed by atoms with E-state index in [2.05, 4.69) is 17.1 Å². The van der Waals surface area contributed by atoms with Crippen LogP contribution in [0, 0.1) is 22.7 Å². The Labute approximate surface area is 137 Å². The zero-order valence-corrected chi connectivity index (χ0v) is 12.4. The molecule has 0 aliphatic rings. The molecule has 0 amide bonds. The predicted molar refractivity (Wildman–Crippen MR) is 90.8 cm³/mol. The van der Waals surface area contributed by atoms with Crippen LogP contribution in [0.15, 0.2) is 53.2 Å². The zero-order chi connectivity index (χ0) is 16.7. The molecule has 0 bridgehead atoms. The Hall–Kier alpha value is -3.83. The van der Waals surface area contributed by atoms with Gasteiger partial charge in [-0.15, -0.1) is 0 Å². The van der Waals surface area contributed by atoms with E-state index in [9.17, 15) is 10.5 Å². The van der Waals surface area contributed by atoms with E-state index in [0.29, 0.717) is 27.7 Å². The van der Waals surface area contributed by atoms with E-state index in [1.807, 2.05) is 30.3 Å². The van der Waals surface area contributed by atoms with Crippen molar-refractivity contribution in [3.05, 3.63) is 59.9 Å². The number of nitrogens with zero attached hydrogens (tertiary/aromatic N) is 3. The lowest BCUT2D eigenvalue weighted by molar-refractivity contribution is 0.670. The van der Waals surface area contributed by atoms with Crippen molar-refractivity contribution in [1.82, 2.24) is 4.98 Å². The number of nitriles is 2. The van der Waals surface area contributed by atoms with E-state index < -0.39 is 0 Å². The monoisotopic (exact) mass is 310 g/mol. The highest BCUT2D eigenvalue weighted by atomic mass is 16.3. The third-order valence-electron chi connectivity index (χ3n) is 4.04. The summed E-state index contributed by atoms with van der Waals surface area (Å²) in [5.41, 5.74) is 9.21. The number of aromatic nitrogens is 1. The maximum atomic E-state index is 9.61. The number of fused-ring (bicyclic) bond motifs is 3. The van der Waals surface area contributed by atoms with Gasteiger partial charge in [-0.25, -0.2) is 0 Å². The average Bonchev–Trinajstić information content (AvgIpc) is 3.00. The number of anilines is 1. The predicted octanol–water partition coefficient (Wildman–Crippen LogP) is 3.97. The number of hydrogen-bond donors (Lipinski definition) is 1. The van der Waals surface area contributed by atoms with Gasteiger partial charge < -0.3 is 10.2 Å². The van der Waals surface area contributed by atoms with Crippen molar-refractivity contribution in [3.63, 3.8) is 0 Å². The van der Waals surface area contributed by atoms with Crippen LogP contribution >= 0.6 is 0 Å². The topological polar surface area (TPSA) is 99.6 Å². The van der Waals surface area contributed by atoms with Crippen LogP contribution < -0.4 is 5.73 Å². The molecule has 0 aliphatic carbocycles. The molecule has 0 radical (unpaired) electrons. The molecule has 0 aliphatic heterocycles. The van der Waals surface area contributed by atoms with E-state index >= 15 is 0 Å². The van der Waals surface area contributed by atoms with Crippen molar-refractivity contribution in [2.24, 2.45) is 0 Å². The van der Waals surface area contributed by atoms with Gasteiger partial charge in [-0.05, 0) is 12.1 Å². The fourth-order valence-electron chi connectivity index (χ4n) is 3.00. The number of nitrogen functional groups attached to an aromatic ring is 1. The molecule has 0 saturated heterocycles. The molecular formula is C19H10N4O. The second kappa shape index (κ2) is 5.12. The van der Waals surface area contributed by atoms with Crippen LogP contribution in [-0.2, 0) is 0 Å². The molecule has 24 heavy (non-hydrogen) atoms. The summed E-state index contributed by atoms with van der Waals surface area (Å²) in [7, 11) is 0. The summed E-state index contributed by atoms with van der Waals surface area (Å²) in [6, 6.07) is 15.3. The minimum absolute atomic E-state index is 0.165. The quantitative estimate of drug-likeness (QED) is 0.536. The molecular weight excluding hydrogens is 300 g/mol. The summed E-state index contributed by atoms with van der Waals surface area (Å²) in [5.74, 6) is 0. The van der Waals surface area contributed by atoms with Crippen molar-refractivity contribution in [2.75, 3.05) is 5.73 Å². The van der Waals surface area contributed by atoms with Gasteiger partial charge in [0.15, 0.2) is 0 Å². The summed E-state index contributed by atoms with van der Waals surface area (Å²) < 4.78 is 5.99. The van der Waals surface area contributed by atoms with Crippen LogP contribution in [-0.4, -0.2) is 4.98 Å². The van der Waals surface area contributed by atoms with Crippen LogP contribution in [0.1, 0.15) is 11.1 Å². The number of hydrogen-bond acceptors (Lipinski definition) is 5. The van der Waals surface area contributed by atoms with Crippen LogP contribution in [0.3, 0.4) is 0 Å². The maximum Gasteiger partial charge on any atom is 0.146 e. The molecule has 0 fully saturated rings. The molecule has 4 aromatic rings. The van der Waals surface area contributed by atoms with Gasteiger partial charge in [-0.3, -0.25) is 4.98 Å². The first kappa shape index (κ1) is 13.8. The Morgan fingerprint density at radius 2 is 1.79 bits per heavy atom. The van der Waals surface area contributed by atoms with Gasteiger partial charge in [-0.2, -0.15) is 10.5 Å². The number of rotatable bonds is 1. The van der Waals surface area contributed by atoms with Gasteiger partial charge in [0, 0.05) is 34.3 Å². The standard InChI is InChI=1S/C19H10N4O/c20-8-13-16(11-4-3-7-23-10-11)19-17(14(9-21)18(13)22)12-5-1-2-6-15(12)24-19/h1-7,10H,22H2. The molecule has 0 atom stereocenters. The number of para-hydroxylation sites is 1. The van der Waals surface area contributed by atoms with Crippen LogP contribution in [0.25, 0.3) is 33.1 Å². The fourth-order valence-corrected chi connectivity index (χ4v) is 3.00. The minimum atomic E-state index is 0.165. The highest BCUT2D eigenvalue weighted by Crippen LogP contribution is 2.42. The second-order valence-corrected chi connectivity index (χ2v) is 5.31. The second-order valence-electron chi connectivity index (χ2n) is 5.31. The SMILES string of the molecule is N#Cc1c(N)c(C#N)c2c(oc3ccccc32)c1-c1cccnc1. The fraction of sp³-hybridized carbons (Fsp3) is 0. The van der Waals surface area contributed by atoms with Crippen LogP contribution in [0.2, 0.25) is 0 Å². The van der Waals surface area contributed by atoms with Gasteiger partial charge in [0.05, 0.1) is 16.8 Å². The van der Waals surface area contributed by atoms with E-state index in [1.165, 1.54) is 0 Å². The summed E-state index contributed by atoms with van der Waals surface area (Å²) in [5, 5.41) is 20.6. The number of benzene rings is 2. The average molecular weight is 310 g/mol. The highest BCUT2D eigenvalue weighted by molar-refractivity contribution is 6.15. The Morgan fingerprint density at radius 1 is 1.00 bits per heavy atom. The first-order valence-electron chi connectivity index (χ1n) is 7.23. The molecule has 2 aromatic carbocycles. The Morgan fingerprint density at radius 3 is 2.50 bits per heavy atom. The summed E-state index contributed by atoms with van der Waals surface area (Å²) in [4.78, 5) is 4.11. The third kappa shape index (κ3) is 1.76. The first-order chi connectivity index (χ1) is 11.8. The lowest BCUT2D eigenvalue weighted by Crippen LogP contribution is -1.99. The lowest BCUT2D eigenvalue weighted by Gasteiger charge is -2.09. The minimum Gasteiger partial charge on any atom is -0.455 e. The highest BCUT2D eigenvalue weighted by Gasteiger charge is 2.23. The molecule has 0 unspecified atom stereocenters. The van der Waals surface area contributed by atoms with Crippen molar-refractivity contribution < 1.29 is 4.42 Å². The Kier molecular flexibility index (Phi) is 2.94. The molecule has 0 spiro atoms. The molecule has 2 N–H and O–H groups in total. The van der Waals surface area contributed by atoms with Gasteiger partial charge in [0.1, 0.15) is 23.3 Å². The molecule has 112 valence electrons. The normalized spacial score (nSPS) is 10.6. The third-order valence-corrected chi connectivity index (χ3v) is 4.04. The van der Waals surface area contributed by atoms with Crippen molar-refractivity contribution in [3.8, 4) is 23.3 Å². The summed E-state index contributed by atoms with van der Waals surface area (Å²) in [6.45, 7) is 0. The van der Waals surface area contributed by atoms with E-state index in [-0.39, 0.29) is 16.8 Å². The summed E-state index contributed by atoms with van der Waals surface area (Å²) in [6.07, 6.45) is 3.30. The molecule has 5 heteroatoms. The number of nitrogens with two attached hydrogens (primary N) is 1. The molecule has 0 saturated carbocycles. The van der Waals surface area contributed by atoms with Crippen LogP contribution in [0.4, 0.5) is 5.69 Å². The molecule has 5 nitrogen and oxygen atoms in total. The number of pyridine rings is 1. The van der Waals surface area contributed by atoms with Gasteiger partial charge in [0.25, 0.3) is 0 Å². The van der Waals surface area contributed by atoms with Crippen molar-refractivity contribution in [2.45, 2.75) is 0 Å². The van der Waals surface area contributed by atoms with Crippen LogP contribution in [0.5, 0.6) is 0 Å². The molecule has 4 rings (SSSR count). The van der Waals surface area contributed by atoms with Gasteiger partial charge >= 0.3 is 0 Å². The van der Waals surface area contributed by atoms with E-state index in [4.69, 9.17) is 10.2 Å². The van der Waals surface area contributed by atoms with Crippen molar-refractivity contribution >= 4 is 27.6 Å². The van der Waals surface area contributed by atoms with E-state index in [0.717, 1.165) is 5.39 Å². The number of furan rings is 1. The Balaban J connectivity index is 2.32. The van der Waals surface area contributed by atoms with E-state index in [1.54, 1.807) is 18.5 Å². The maximum absolute atomic E-state index is 9.61. The first-order valence-corrected chi connectivity index (χ1v) is 7.23.